The number of hydrogen-bond acceptors (Lipinski definition) is 2. The van der Waals surface area contributed by atoms with Gasteiger partial charge < -0.3 is 9.84 Å². The lowest BCUT2D eigenvalue weighted by Crippen LogP contribution is -2.59. The molecule has 4 heteroatoms. The lowest BCUT2D eigenvalue weighted by molar-refractivity contribution is -0.163. The van der Waals surface area contributed by atoms with Gasteiger partial charge in [0, 0.05) is 16.3 Å². The van der Waals surface area contributed by atoms with Gasteiger partial charge in [-0.2, -0.15) is 0 Å². The number of benzene rings is 1. The van der Waals surface area contributed by atoms with Crippen LogP contribution < -0.4 is 4.74 Å². The maximum atomic E-state index is 10.3. The standard InChI is InChI=1S/C16H20Br2O2/c17-11-5-6-13(12(18)9-11)20-15-10-14(19)16(15)7-3-1-2-4-8-16/h5-6,9,14-15,19H,1-4,7-8,10H2. The predicted molar refractivity (Wildman–Crippen MR) is 87.0 cm³/mol. The Kier molecular flexibility index (Phi) is 4.44. The van der Waals surface area contributed by atoms with Crippen LogP contribution in [0.25, 0.3) is 0 Å². The summed E-state index contributed by atoms with van der Waals surface area (Å²) in [7, 11) is 0. The summed E-state index contributed by atoms with van der Waals surface area (Å²) in [6, 6.07) is 5.99. The van der Waals surface area contributed by atoms with Crippen molar-refractivity contribution in [2.24, 2.45) is 5.41 Å². The summed E-state index contributed by atoms with van der Waals surface area (Å²) in [5.41, 5.74) is 0.00299. The molecule has 0 aliphatic heterocycles. The van der Waals surface area contributed by atoms with Gasteiger partial charge >= 0.3 is 0 Å². The lowest BCUT2D eigenvalue weighted by atomic mass is 9.59. The van der Waals surface area contributed by atoms with Crippen LogP contribution in [0.15, 0.2) is 27.1 Å². The Hall–Kier alpha value is -0.0600. The van der Waals surface area contributed by atoms with Gasteiger partial charge in [-0.1, -0.05) is 41.6 Å². The maximum Gasteiger partial charge on any atom is 0.134 e. The molecular formula is C16H20Br2O2. The number of hydrogen-bond donors (Lipinski definition) is 1. The summed E-state index contributed by atoms with van der Waals surface area (Å²) in [5.74, 6) is 0.883. The average molecular weight is 404 g/mol. The van der Waals surface area contributed by atoms with E-state index in [1.54, 1.807) is 0 Å². The van der Waals surface area contributed by atoms with Crippen molar-refractivity contribution in [3.8, 4) is 5.75 Å². The highest BCUT2D eigenvalue weighted by atomic mass is 79.9. The second kappa shape index (κ2) is 5.98. The second-order valence-corrected chi connectivity index (χ2v) is 7.85. The quantitative estimate of drug-likeness (QED) is 0.747. The van der Waals surface area contributed by atoms with E-state index in [1.165, 1.54) is 25.7 Å². The SMILES string of the molecule is OC1CC(Oc2ccc(Br)cc2Br)C12CCCCCC2. The van der Waals surface area contributed by atoms with Gasteiger partial charge in [-0.15, -0.1) is 0 Å². The molecule has 2 atom stereocenters. The molecule has 0 amide bonds. The van der Waals surface area contributed by atoms with E-state index in [4.69, 9.17) is 4.74 Å². The molecule has 2 saturated carbocycles. The highest BCUT2D eigenvalue weighted by molar-refractivity contribution is 9.11. The smallest absolute Gasteiger partial charge is 0.134 e. The third-order valence-electron chi connectivity index (χ3n) is 4.94. The van der Waals surface area contributed by atoms with Crippen molar-refractivity contribution < 1.29 is 9.84 Å². The Bertz CT molecular complexity index is 481. The monoisotopic (exact) mass is 402 g/mol. The summed E-state index contributed by atoms with van der Waals surface area (Å²) in [4.78, 5) is 0. The molecule has 0 saturated heterocycles. The molecule has 0 radical (unpaired) electrons. The van der Waals surface area contributed by atoms with E-state index in [0.717, 1.165) is 34.0 Å². The molecule has 2 aliphatic rings. The maximum absolute atomic E-state index is 10.3. The van der Waals surface area contributed by atoms with Crippen LogP contribution >= 0.6 is 31.9 Å². The Labute approximate surface area is 137 Å². The van der Waals surface area contributed by atoms with Crippen LogP contribution in [0.1, 0.15) is 44.9 Å². The largest absolute Gasteiger partial charge is 0.488 e. The first kappa shape index (κ1) is 14.9. The molecule has 2 nitrogen and oxygen atoms in total. The fraction of sp³-hybridized carbons (Fsp3) is 0.625. The van der Waals surface area contributed by atoms with Gasteiger partial charge in [-0.3, -0.25) is 0 Å². The van der Waals surface area contributed by atoms with Gasteiger partial charge in [0.2, 0.25) is 0 Å². The molecule has 0 heterocycles. The molecule has 20 heavy (non-hydrogen) atoms. The average Bonchev–Trinajstić information content (AvgIpc) is 2.69. The fourth-order valence-electron chi connectivity index (χ4n) is 3.66. The summed E-state index contributed by atoms with van der Waals surface area (Å²) in [5, 5.41) is 10.3. The van der Waals surface area contributed by atoms with E-state index in [-0.39, 0.29) is 17.6 Å². The zero-order valence-corrected chi connectivity index (χ0v) is 14.6. The first-order chi connectivity index (χ1) is 9.62. The van der Waals surface area contributed by atoms with E-state index in [9.17, 15) is 5.11 Å². The highest BCUT2D eigenvalue weighted by Gasteiger charge is 2.55. The van der Waals surface area contributed by atoms with Crippen LogP contribution in [-0.4, -0.2) is 17.3 Å². The molecule has 110 valence electrons. The molecule has 1 aromatic rings. The van der Waals surface area contributed by atoms with E-state index < -0.39 is 0 Å². The minimum absolute atomic E-state index is 0.00299. The summed E-state index contributed by atoms with van der Waals surface area (Å²) < 4.78 is 8.23. The van der Waals surface area contributed by atoms with Crippen molar-refractivity contribution in [3.63, 3.8) is 0 Å². The van der Waals surface area contributed by atoms with Gasteiger partial charge in [-0.25, -0.2) is 0 Å². The van der Waals surface area contributed by atoms with Gasteiger partial charge in [0.05, 0.1) is 10.6 Å². The van der Waals surface area contributed by atoms with Crippen LogP contribution in [0.3, 0.4) is 0 Å². The summed E-state index contributed by atoms with van der Waals surface area (Å²) >= 11 is 7.01. The predicted octanol–water partition coefficient (Wildman–Crippen LogP) is 5.06. The number of halogens is 2. The molecule has 0 bridgehead atoms. The van der Waals surface area contributed by atoms with E-state index in [2.05, 4.69) is 31.9 Å². The number of rotatable bonds is 2. The Morgan fingerprint density at radius 1 is 1.10 bits per heavy atom. The molecular weight excluding hydrogens is 384 g/mol. The van der Waals surface area contributed by atoms with E-state index in [1.807, 2.05) is 18.2 Å². The Morgan fingerprint density at radius 3 is 2.40 bits per heavy atom. The Morgan fingerprint density at radius 2 is 1.80 bits per heavy atom. The van der Waals surface area contributed by atoms with Crippen molar-refractivity contribution in [2.45, 2.75) is 57.2 Å². The number of ether oxygens (including phenoxy) is 1. The fourth-order valence-corrected chi connectivity index (χ4v) is 4.80. The van der Waals surface area contributed by atoms with Gasteiger partial charge in [0.1, 0.15) is 11.9 Å². The van der Waals surface area contributed by atoms with Crippen LogP contribution in [0.5, 0.6) is 5.75 Å². The van der Waals surface area contributed by atoms with Crippen LogP contribution in [0, 0.1) is 5.41 Å². The van der Waals surface area contributed by atoms with Gasteiger partial charge in [-0.05, 0) is 47.0 Å². The topological polar surface area (TPSA) is 29.5 Å². The van der Waals surface area contributed by atoms with Crippen molar-refractivity contribution >= 4 is 31.9 Å². The third-order valence-corrected chi connectivity index (χ3v) is 6.05. The first-order valence-electron chi connectivity index (χ1n) is 7.41. The van der Waals surface area contributed by atoms with Crippen molar-refractivity contribution in [2.75, 3.05) is 0 Å². The number of aliphatic hydroxyl groups is 1. The minimum atomic E-state index is -0.181. The van der Waals surface area contributed by atoms with Gasteiger partial charge in [0.15, 0.2) is 0 Å². The van der Waals surface area contributed by atoms with Crippen molar-refractivity contribution in [3.05, 3.63) is 27.1 Å². The zero-order chi connectivity index (χ0) is 14.2. The highest BCUT2D eigenvalue weighted by Crippen LogP contribution is 2.52. The van der Waals surface area contributed by atoms with Crippen LogP contribution in [0.2, 0.25) is 0 Å². The van der Waals surface area contributed by atoms with E-state index in [0.29, 0.717) is 0 Å². The van der Waals surface area contributed by atoms with Crippen LogP contribution in [0.4, 0.5) is 0 Å². The van der Waals surface area contributed by atoms with E-state index >= 15 is 0 Å². The Balaban J connectivity index is 1.76. The summed E-state index contributed by atoms with van der Waals surface area (Å²) in [6.07, 6.45) is 7.99. The van der Waals surface area contributed by atoms with Crippen molar-refractivity contribution in [1.82, 2.24) is 0 Å². The van der Waals surface area contributed by atoms with Crippen molar-refractivity contribution in [1.29, 1.82) is 0 Å². The molecule has 1 N–H and O–H groups in total. The molecule has 2 aliphatic carbocycles. The minimum Gasteiger partial charge on any atom is -0.488 e. The number of aliphatic hydroxyl groups excluding tert-OH is 1. The molecule has 2 unspecified atom stereocenters. The molecule has 0 aromatic heterocycles. The lowest BCUT2D eigenvalue weighted by Gasteiger charge is -2.53. The second-order valence-electron chi connectivity index (χ2n) is 6.08. The normalized spacial score (nSPS) is 28.8. The molecule has 1 spiro atoms. The van der Waals surface area contributed by atoms with Gasteiger partial charge in [0.25, 0.3) is 0 Å². The third kappa shape index (κ3) is 2.67. The molecule has 1 aromatic carbocycles. The van der Waals surface area contributed by atoms with Crippen LogP contribution in [-0.2, 0) is 0 Å². The molecule has 3 rings (SSSR count). The summed E-state index contributed by atoms with van der Waals surface area (Å²) in [6.45, 7) is 0. The first-order valence-corrected chi connectivity index (χ1v) is 9.00. The zero-order valence-electron chi connectivity index (χ0n) is 11.4. The molecule has 2 fully saturated rings.